The molecule has 0 fully saturated rings. The number of aromatic nitrogens is 1. The molecule has 0 amide bonds. The third-order valence-corrected chi connectivity index (χ3v) is 11.3. The Labute approximate surface area is 312 Å². The van der Waals surface area contributed by atoms with Crippen LogP contribution in [-0.4, -0.2) is 27.8 Å². The Morgan fingerprint density at radius 3 is 2.19 bits per heavy atom. The third kappa shape index (κ3) is 7.88. The fourth-order valence-electron chi connectivity index (χ4n) is 7.63. The minimum atomic E-state index is -0.449. The maximum Gasteiger partial charge on any atom is 0.331 e. The summed E-state index contributed by atoms with van der Waals surface area (Å²) in [6.45, 7) is 15.1. The van der Waals surface area contributed by atoms with E-state index in [9.17, 15) is 9.59 Å². The van der Waals surface area contributed by atoms with E-state index in [0.29, 0.717) is 17.9 Å². The minimum Gasteiger partial charge on any atom is -0.340 e. The van der Waals surface area contributed by atoms with Crippen molar-refractivity contribution in [1.82, 2.24) is 4.57 Å². The number of carbonyl (C=O) groups excluding carboxylic acids is 2. The zero-order valence-corrected chi connectivity index (χ0v) is 32.5. The Kier molecular flexibility index (Phi) is 11.6. The summed E-state index contributed by atoms with van der Waals surface area (Å²) in [5, 5.41) is 8.55. The molecule has 0 spiro atoms. The van der Waals surface area contributed by atoms with E-state index in [4.69, 9.17) is 4.84 Å². The van der Waals surface area contributed by atoms with Gasteiger partial charge in [0, 0.05) is 68.9 Å². The lowest BCUT2D eigenvalue weighted by atomic mass is 9.89. The molecule has 52 heavy (non-hydrogen) atoms. The van der Waals surface area contributed by atoms with Gasteiger partial charge in [-0.1, -0.05) is 104 Å². The number of ketones is 1. The number of oxime groups is 1. The number of rotatable bonds is 14. The molecule has 0 saturated carbocycles. The number of unbranched alkanes of at least 4 members (excludes halogenated alkanes) is 1. The van der Waals surface area contributed by atoms with Crippen LogP contribution in [0.2, 0.25) is 0 Å². The van der Waals surface area contributed by atoms with E-state index in [0.717, 1.165) is 84.8 Å². The Morgan fingerprint density at radius 2 is 1.52 bits per heavy atom. The van der Waals surface area contributed by atoms with E-state index < -0.39 is 5.97 Å². The monoisotopic (exact) mass is 710 g/mol. The van der Waals surface area contributed by atoms with Gasteiger partial charge in [0.2, 0.25) is 0 Å². The molecule has 0 saturated heterocycles. The molecule has 0 radical (unpaired) electrons. The predicted octanol–water partition coefficient (Wildman–Crippen LogP) is 12.1. The van der Waals surface area contributed by atoms with Crippen LogP contribution in [-0.2, 0) is 16.2 Å². The molecule has 1 unspecified atom stereocenters. The van der Waals surface area contributed by atoms with Crippen molar-refractivity contribution in [2.24, 2.45) is 11.1 Å². The van der Waals surface area contributed by atoms with Crippen LogP contribution in [0.3, 0.4) is 0 Å². The van der Waals surface area contributed by atoms with Crippen LogP contribution < -0.4 is 0 Å². The van der Waals surface area contributed by atoms with Gasteiger partial charge in [0.05, 0.1) is 11.2 Å². The zero-order chi connectivity index (χ0) is 36.9. The second-order valence-electron chi connectivity index (χ2n) is 14.3. The number of aryl methyl sites for hydroxylation is 4. The Morgan fingerprint density at radius 1 is 0.808 bits per heavy atom. The number of thioether (sulfide) groups is 1. The molecule has 1 atom stereocenters. The fourth-order valence-corrected chi connectivity index (χ4v) is 8.49. The van der Waals surface area contributed by atoms with Crippen molar-refractivity contribution in [2.45, 2.75) is 92.0 Å². The highest BCUT2D eigenvalue weighted by Crippen LogP contribution is 2.39. The van der Waals surface area contributed by atoms with Gasteiger partial charge >= 0.3 is 5.97 Å². The van der Waals surface area contributed by atoms with E-state index in [1.54, 1.807) is 11.8 Å². The Balaban J connectivity index is 1.55. The van der Waals surface area contributed by atoms with Gasteiger partial charge in [-0.05, 0) is 86.9 Å². The van der Waals surface area contributed by atoms with E-state index in [2.05, 4.69) is 116 Å². The van der Waals surface area contributed by atoms with Gasteiger partial charge in [-0.25, -0.2) is 4.79 Å². The van der Waals surface area contributed by atoms with Crippen molar-refractivity contribution in [3.8, 4) is 0 Å². The highest BCUT2D eigenvalue weighted by atomic mass is 32.2. The molecular weight excluding hydrogens is 661 g/mol. The van der Waals surface area contributed by atoms with Crippen LogP contribution in [0, 0.1) is 33.6 Å². The summed E-state index contributed by atoms with van der Waals surface area (Å²) < 4.78 is 2.49. The average molecular weight is 711 g/mol. The highest BCUT2D eigenvalue weighted by molar-refractivity contribution is 7.99. The quantitative estimate of drug-likeness (QED) is 0.0371. The molecule has 0 aliphatic heterocycles. The summed E-state index contributed by atoms with van der Waals surface area (Å²) >= 11 is 1.76. The van der Waals surface area contributed by atoms with E-state index in [-0.39, 0.29) is 5.78 Å². The fraction of sp³-hybridized carbons (Fsp3) is 0.326. The first kappa shape index (κ1) is 37.1. The van der Waals surface area contributed by atoms with Crippen molar-refractivity contribution in [2.75, 3.05) is 5.75 Å². The van der Waals surface area contributed by atoms with Crippen molar-refractivity contribution in [3.05, 3.63) is 124 Å². The molecule has 0 aliphatic carbocycles. The number of hydrogen-bond acceptors (Lipinski definition) is 5. The lowest BCUT2D eigenvalue weighted by Crippen LogP contribution is -2.11. The molecule has 0 bridgehead atoms. The number of carbonyl (C=O) groups is 2. The van der Waals surface area contributed by atoms with E-state index in [1.807, 2.05) is 19.9 Å². The minimum absolute atomic E-state index is 0.0461. The molecule has 6 rings (SSSR count). The SMILES string of the molecule is CCCCC(CC)Cn1c2ccc(/C(CCSc3ccc(C)cc3)=N\OC(C)=O)cc2c2cc(C(=O)c3c(C)cc(C)cc3C)c3ccccc3c21. The molecule has 5 nitrogen and oxygen atoms in total. The van der Waals surface area contributed by atoms with Gasteiger partial charge in [-0.15, -0.1) is 11.8 Å². The van der Waals surface area contributed by atoms with Crippen molar-refractivity contribution in [1.29, 1.82) is 0 Å². The van der Waals surface area contributed by atoms with Gasteiger partial charge in [0.25, 0.3) is 0 Å². The van der Waals surface area contributed by atoms with E-state index >= 15 is 0 Å². The lowest BCUT2D eigenvalue weighted by Gasteiger charge is -2.19. The molecular formula is C46H50N2O3S. The molecule has 268 valence electrons. The van der Waals surface area contributed by atoms with Crippen molar-refractivity contribution < 1.29 is 14.4 Å². The highest BCUT2D eigenvalue weighted by Gasteiger charge is 2.24. The number of nitrogens with zero attached hydrogens (tertiary/aromatic N) is 2. The first-order valence-electron chi connectivity index (χ1n) is 18.6. The maximum atomic E-state index is 14.6. The van der Waals surface area contributed by atoms with Gasteiger partial charge in [-0.3, -0.25) is 4.79 Å². The van der Waals surface area contributed by atoms with Gasteiger partial charge in [0.15, 0.2) is 5.78 Å². The standard InChI is InChI=1S/C46H50N2O3S/c1-8-10-13-34(9-2)28-48-43-21-18-35(42(47-51-33(7)49)22-23-52-36-19-16-29(3)17-20-36)26-39(43)40-27-41(37-14-11-12-15-38(37)45(40)48)46(50)44-31(5)24-30(4)25-32(44)6/h11-12,14-21,24-27,34H,8-10,13,22-23,28H2,1-7H3/b47-42-. The number of benzene rings is 5. The summed E-state index contributed by atoms with van der Waals surface area (Å²) in [6, 6.07) is 29.7. The summed E-state index contributed by atoms with van der Waals surface area (Å²) in [4.78, 5) is 33.0. The second kappa shape index (κ2) is 16.3. The van der Waals surface area contributed by atoms with E-state index in [1.165, 1.54) is 36.6 Å². The summed E-state index contributed by atoms with van der Waals surface area (Å²) in [5.74, 6) is 0.897. The zero-order valence-electron chi connectivity index (χ0n) is 31.6. The summed E-state index contributed by atoms with van der Waals surface area (Å²) in [7, 11) is 0. The van der Waals surface area contributed by atoms with Crippen molar-refractivity contribution >= 4 is 61.8 Å². The molecule has 6 aromatic rings. The van der Waals surface area contributed by atoms with Gasteiger partial charge in [0.1, 0.15) is 0 Å². The normalized spacial score (nSPS) is 12.6. The van der Waals surface area contributed by atoms with Crippen molar-refractivity contribution in [3.63, 3.8) is 0 Å². The van der Waals surface area contributed by atoms with Crippen LogP contribution in [0.15, 0.2) is 95.0 Å². The second-order valence-corrected chi connectivity index (χ2v) is 15.4. The molecule has 5 aromatic carbocycles. The van der Waals surface area contributed by atoms with Crippen LogP contribution >= 0.6 is 11.8 Å². The average Bonchev–Trinajstić information content (AvgIpc) is 3.43. The lowest BCUT2D eigenvalue weighted by molar-refractivity contribution is -0.140. The van der Waals surface area contributed by atoms with Gasteiger partial charge in [-0.2, -0.15) is 0 Å². The molecule has 1 aromatic heterocycles. The summed E-state index contributed by atoms with van der Waals surface area (Å²) in [6.07, 6.45) is 5.25. The molecule has 6 heteroatoms. The molecule has 0 aliphatic rings. The molecule has 1 heterocycles. The summed E-state index contributed by atoms with van der Waals surface area (Å²) in [5.41, 5.74) is 9.76. The smallest absolute Gasteiger partial charge is 0.331 e. The topological polar surface area (TPSA) is 60.7 Å². The molecule has 0 N–H and O–H groups in total. The van der Waals surface area contributed by atoms with Crippen LogP contribution in [0.5, 0.6) is 0 Å². The maximum absolute atomic E-state index is 14.6. The predicted molar refractivity (Wildman–Crippen MR) is 219 cm³/mol. The first-order chi connectivity index (χ1) is 25.1. The number of fused-ring (bicyclic) bond motifs is 5. The Bertz CT molecular complexity index is 2270. The van der Waals surface area contributed by atoms with Crippen LogP contribution in [0.25, 0.3) is 32.6 Å². The van der Waals surface area contributed by atoms with Crippen LogP contribution in [0.1, 0.15) is 96.6 Å². The Hall–Kier alpha value is -4.68. The largest absolute Gasteiger partial charge is 0.340 e. The van der Waals surface area contributed by atoms with Gasteiger partial charge < -0.3 is 9.40 Å². The first-order valence-corrected chi connectivity index (χ1v) is 19.6. The number of hydrogen-bond donors (Lipinski definition) is 0. The van der Waals surface area contributed by atoms with Crippen LogP contribution in [0.4, 0.5) is 0 Å². The third-order valence-electron chi connectivity index (χ3n) is 10.2.